The molecule has 0 amide bonds. The predicted octanol–water partition coefficient (Wildman–Crippen LogP) is 4.30. The van der Waals surface area contributed by atoms with Crippen LogP contribution in [0.4, 0.5) is 0 Å². The van der Waals surface area contributed by atoms with Gasteiger partial charge in [-0.2, -0.15) is 0 Å². The van der Waals surface area contributed by atoms with Crippen molar-refractivity contribution in [2.45, 2.75) is 26.2 Å². The normalized spacial score (nSPS) is 13.0. The second-order valence-electron chi connectivity index (χ2n) is 7.12. The SMILES string of the molecule is C1CCNC1.COc1ccc2c(c1)c(CC(=O)O)c(C)n2C(=O)c1ccc(Cl)cc1. The average molecular weight is 429 g/mol. The monoisotopic (exact) mass is 428 g/mol. The molecule has 1 saturated heterocycles. The van der Waals surface area contributed by atoms with E-state index in [1.807, 2.05) is 0 Å². The van der Waals surface area contributed by atoms with Gasteiger partial charge in [0.1, 0.15) is 5.75 Å². The summed E-state index contributed by atoms with van der Waals surface area (Å²) in [6, 6.07) is 11.9. The number of hydrogen-bond donors (Lipinski definition) is 2. The summed E-state index contributed by atoms with van der Waals surface area (Å²) in [5.41, 5.74) is 2.32. The van der Waals surface area contributed by atoms with Gasteiger partial charge in [0.2, 0.25) is 0 Å². The van der Waals surface area contributed by atoms with Gasteiger partial charge in [0.05, 0.1) is 19.0 Å². The Morgan fingerprint density at radius 2 is 1.80 bits per heavy atom. The molecule has 1 aliphatic rings. The zero-order chi connectivity index (χ0) is 21.7. The summed E-state index contributed by atoms with van der Waals surface area (Å²) in [6.45, 7) is 4.25. The minimum absolute atomic E-state index is 0.170. The molecule has 1 fully saturated rings. The third-order valence-corrected chi connectivity index (χ3v) is 5.37. The Labute approximate surface area is 180 Å². The van der Waals surface area contributed by atoms with E-state index in [9.17, 15) is 14.7 Å². The number of carbonyl (C=O) groups excluding carboxylic acids is 1. The van der Waals surface area contributed by atoms with Crippen molar-refractivity contribution in [3.8, 4) is 5.75 Å². The zero-order valence-electron chi connectivity index (χ0n) is 17.1. The first-order valence-corrected chi connectivity index (χ1v) is 10.2. The van der Waals surface area contributed by atoms with E-state index in [4.69, 9.17) is 16.3 Å². The van der Waals surface area contributed by atoms with Crippen LogP contribution in [0.1, 0.15) is 34.5 Å². The summed E-state index contributed by atoms with van der Waals surface area (Å²) < 4.78 is 6.77. The largest absolute Gasteiger partial charge is 0.497 e. The lowest BCUT2D eigenvalue weighted by Gasteiger charge is -2.08. The number of rotatable bonds is 4. The van der Waals surface area contributed by atoms with Crippen LogP contribution in [-0.2, 0) is 11.2 Å². The van der Waals surface area contributed by atoms with E-state index >= 15 is 0 Å². The second-order valence-corrected chi connectivity index (χ2v) is 7.56. The summed E-state index contributed by atoms with van der Waals surface area (Å²) >= 11 is 5.89. The number of benzene rings is 2. The number of nitrogens with zero attached hydrogens (tertiary/aromatic N) is 1. The molecular weight excluding hydrogens is 404 g/mol. The lowest BCUT2D eigenvalue weighted by atomic mass is 10.1. The third-order valence-electron chi connectivity index (χ3n) is 5.12. The quantitative estimate of drug-likeness (QED) is 0.647. The maximum Gasteiger partial charge on any atom is 0.307 e. The lowest BCUT2D eigenvalue weighted by molar-refractivity contribution is -0.136. The highest BCUT2D eigenvalue weighted by atomic mass is 35.5. The van der Waals surface area contributed by atoms with Crippen LogP contribution in [0.15, 0.2) is 42.5 Å². The molecule has 0 unspecified atom stereocenters. The maximum atomic E-state index is 13.0. The molecule has 158 valence electrons. The molecule has 2 heterocycles. The first-order chi connectivity index (χ1) is 14.4. The molecular formula is C23H25ClN2O4. The Morgan fingerprint density at radius 3 is 2.33 bits per heavy atom. The van der Waals surface area contributed by atoms with Gasteiger partial charge < -0.3 is 15.2 Å². The van der Waals surface area contributed by atoms with Crippen molar-refractivity contribution in [3.63, 3.8) is 0 Å². The van der Waals surface area contributed by atoms with E-state index in [1.165, 1.54) is 30.5 Å². The van der Waals surface area contributed by atoms with E-state index in [0.29, 0.717) is 38.5 Å². The molecule has 30 heavy (non-hydrogen) atoms. The topological polar surface area (TPSA) is 80.6 Å². The third kappa shape index (κ3) is 4.83. The minimum atomic E-state index is -0.955. The smallest absolute Gasteiger partial charge is 0.307 e. The molecule has 0 aliphatic carbocycles. The summed E-state index contributed by atoms with van der Waals surface area (Å²) in [5.74, 6) is -0.583. The van der Waals surface area contributed by atoms with Gasteiger partial charge >= 0.3 is 5.97 Å². The zero-order valence-corrected chi connectivity index (χ0v) is 17.8. The number of fused-ring (bicyclic) bond motifs is 1. The lowest BCUT2D eigenvalue weighted by Crippen LogP contribution is -2.14. The van der Waals surface area contributed by atoms with E-state index in [0.717, 1.165) is 0 Å². The molecule has 3 aromatic rings. The maximum absolute atomic E-state index is 13.0. The van der Waals surface area contributed by atoms with E-state index in [2.05, 4.69) is 5.32 Å². The van der Waals surface area contributed by atoms with Crippen LogP contribution in [0.3, 0.4) is 0 Å². The molecule has 1 aromatic heterocycles. The highest BCUT2D eigenvalue weighted by molar-refractivity contribution is 6.30. The number of aromatic nitrogens is 1. The fourth-order valence-electron chi connectivity index (χ4n) is 3.57. The number of nitrogens with one attached hydrogen (secondary N) is 1. The number of carboxylic acids is 1. The van der Waals surface area contributed by atoms with E-state index in [-0.39, 0.29) is 12.3 Å². The number of carbonyl (C=O) groups is 2. The molecule has 0 bridgehead atoms. The number of ether oxygens (including phenoxy) is 1. The van der Waals surface area contributed by atoms with E-state index in [1.54, 1.807) is 56.5 Å². The van der Waals surface area contributed by atoms with Crippen molar-refractivity contribution in [3.05, 3.63) is 64.3 Å². The van der Waals surface area contributed by atoms with Gasteiger partial charge in [-0.25, -0.2) is 0 Å². The van der Waals surface area contributed by atoms with Crippen molar-refractivity contribution in [2.24, 2.45) is 0 Å². The average Bonchev–Trinajstić information content (AvgIpc) is 3.39. The molecule has 0 radical (unpaired) electrons. The van der Waals surface area contributed by atoms with Crippen molar-refractivity contribution in [1.82, 2.24) is 9.88 Å². The van der Waals surface area contributed by atoms with Crippen LogP contribution in [0.25, 0.3) is 10.9 Å². The van der Waals surface area contributed by atoms with Crippen LogP contribution in [0, 0.1) is 6.92 Å². The molecule has 0 atom stereocenters. The minimum Gasteiger partial charge on any atom is -0.497 e. The Kier molecular flexibility index (Phi) is 7.13. The van der Waals surface area contributed by atoms with E-state index < -0.39 is 5.97 Å². The molecule has 1 aliphatic heterocycles. The number of aliphatic carboxylic acids is 1. The number of carboxylic acid groups (broad SMARTS) is 1. The Morgan fingerprint density at radius 1 is 1.13 bits per heavy atom. The van der Waals surface area contributed by atoms with Crippen LogP contribution < -0.4 is 10.1 Å². The van der Waals surface area contributed by atoms with Crippen molar-refractivity contribution >= 4 is 34.4 Å². The van der Waals surface area contributed by atoms with Crippen molar-refractivity contribution < 1.29 is 19.4 Å². The predicted molar refractivity (Wildman–Crippen MR) is 118 cm³/mol. The summed E-state index contributed by atoms with van der Waals surface area (Å²) in [4.78, 5) is 24.3. The van der Waals surface area contributed by atoms with Crippen molar-refractivity contribution in [2.75, 3.05) is 20.2 Å². The summed E-state index contributed by atoms with van der Waals surface area (Å²) in [7, 11) is 1.54. The Bertz CT molecular complexity index is 1050. The first-order valence-electron chi connectivity index (χ1n) is 9.83. The standard InChI is InChI=1S/C19H16ClNO4.C4H9N/c1-11-15(10-18(22)23)16-9-14(25-2)7-8-17(16)21(11)19(24)12-3-5-13(20)6-4-12;1-2-4-5-3-1/h3-9H,10H2,1-2H3,(H,22,23);5H,1-4H2. The Hall–Kier alpha value is -2.83. The van der Waals surface area contributed by atoms with Gasteiger partial charge in [-0.3, -0.25) is 14.2 Å². The molecule has 4 rings (SSSR count). The van der Waals surface area contributed by atoms with Gasteiger partial charge in [0, 0.05) is 21.7 Å². The van der Waals surface area contributed by atoms with Gasteiger partial charge in [0.25, 0.3) is 5.91 Å². The number of halogens is 1. The van der Waals surface area contributed by atoms with Gasteiger partial charge in [-0.05, 0) is 80.9 Å². The van der Waals surface area contributed by atoms with Gasteiger partial charge in [-0.15, -0.1) is 0 Å². The second kappa shape index (κ2) is 9.78. The molecule has 7 heteroatoms. The van der Waals surface area contributed by atoms with Crippen LogP contribution in [-0.4, -0.2) is 41.7 Å². The fourth-order valence-corrected chi connectivity index (χ4v) is 3.70. The molecule has 2 aromatic carbocycles. The molecule has 6 nitrogen and oxygen atoms in total. The highest BCUT2D eigenvalue weighted by Crippen LogP contribution is 2.30. The summed E-state index contributed by atoms with van der Waals surface area (Å²) in [5, 5.41) is 13.7. The van der Waals surface area contributed by atoms with Gasteiger partial charge in [0.15, 0.2) is 0 Å². The first kappa shape index (κ1) is 21.9. The molecule has 0 saturated carbocycles. The van der Waals surface area contributed by atoms with Crippen LogP contribution in [0.5, 0.6) is 5.75 Å². The summed E-state index contributed by atoms with van der Waals surface area (Å²) in [6.07, 6.45) is 2.61. The number of methoxy groups -OCH3 is 1. The fraction of sp³-hybridized carbons (Fsp3) is 0.304. The Balaban J connectivity index is 0.000000448. The highest BCUT2D eigenvalue weighted by Gasteiger charge is 2.21. The molecule has 0 spiro atoms. The van der Waals surface area contributed by atoms with Gasteiger partial charge in [-0.1, -0.05) is 11.6 Å². The number of hydrogen-bond acceptors (Lipinski definition) is 4. The van der Waals surface area contributed by atoms with Crippen LogP contribution in [0.2, 0.25) is 5.02 Å². The molecule has 2 N–H and O–H groups in total. The van der Waals surface area contributed by atoms with Crippen LogP contribution >= 0.6 is 11.6 Å². The van der Waals surface area contributed by atoms with Crippen molar-refractivity contribution in [1.29, 1.82) is 0 Å².